The Hall–Kier alpha value is -3.47. The molecule has 3 heterocycles. The third kappa shape index (κ3) is 4.54. The summed E-state index contributed by atoms with van der Waals surface area (Å²) in [5.74, 6) is -0.568. The summed E-state index contributed by atoms with van der Waals surface area (Å²) < 4.78 is 45.3. The third-order valence-electron chi connectivity index (χ3n) is 5.87. The van der Waals surface area contributed by atoms with Crippen molar-refractivity contribution in [2.45, 2.75) is 50.6 Å². The average Bonchev–Trinajstić information content (AvgIpc) is 3.18. The third-order valence-corrected chi connectivity index (χ3v) is 5.87. The maximum absolute atomic E-state index is 13.2. The molecule has 5 rings (SSSR count). The Morgan fingerprint density at radius 1 is 1.12 bits per heavy atom. The maximum Gasteiger partial charge on any atom is 0.574 e. The van der Waals surface area contributed by atoms with Gasteiger partial charge in [-0.1, -0.05) is 6.07 Å². The minimum atomic E-state index is -4.92. The van der Waals surface area contributed by atoms with Crippen LogP contribution in [0, 0.1) is 0 Å². The van der Waals surface area contributed by atoms with Crippen LogP contribution in [0.2, 0.25) is 0 Å². The van der Waals surface area contributed by atoms with Crippen molar-refractivity contribution in [3.63, 3.8) is 0 Å². The summed E-state index contributed by atoms with van der Waals surface area (Å²) in [5.41, 5.74) is 1.75. The number of fused-ring (bicyclic) bond motifs is 2. The summed E-state index contributed by atoms with van der Waals surface area (Å²) in [4.78, 5) is 12.5. The average molecular weight is 458 g/mol. The Balaban J connectivity index is 1.55. The number of aromatic nitrogens is 5. The van der Waals surface area contributed by atoms with E-state index < -0.39 is 17.8 Å². The summed E-state index contributed by atoms with van der Waals surface area (Å²) in [6.45, 7) is 1.78. The lowest BCUT2D eigenvalue weighted by Crippen LogP contribution is -2.36. The van der Waals surface area contributed by atoms with E-state index in [2.05, 4.69) is 30.1 Å². The van der Waals surface area contributed by atoms with Crippen molar-refractivity contribution in [1.82, 2.24) is 24.6 Å². The van der Waals surface area contributed by atoms with Gasteiger partial charge in [0.05, 0.1) is 16.6 Å². The Kier molecular flexibility index (Phi) is 5.08. The number of ether oxygens (including phenoxy) is 1. The highest BCUT2D eigenvalue weighted by molar-refractivity contribution is 5.89. The normalized spacial score (nSPS) is 21.4. The van der Waals surface area contributed by atoms with E-state index in [1.54, 1.807) is 49.8 Å². The summed E-state index contributed by atoms with van der Waals surface area (Å²) in [7, 11) is 0. The van der Waals surface area contributed by atoms with Crippen LogP contribution in [-0.2, 0) is 0 Å². The van der Waals surface area contributed by atoms with Gasteiger partial charge in [-0.05, 0) is 56.4 Å². The first-order valence-corrected chi connectivity index (χ1v) is 10.5. The van der Waals surface area contributed by atoms with Crippen molar-refractivity contribution < 1.29 is 23.0 Å². The number of hydrogen-bond donors (Lipinski definition) is 2. The van der Waals surface area contributed by atoms with E-state index in [-0.39, 0.29) is 17.5 Å². The molecular weight excluding hydrogens is 437 g/mol. The van der Waals surface area contributed by atoms with E-state index in [1.807, 2.05) is 0 Å². The monoisotopic (exact) mass is 458 g/mol. The van der Waals surface area contributed by atoms with Crippen molar-refractivity contribution in [3.05, 3.63) is 42.9 Å². The second kappa shape index (κ2) is 7.84. The van der Waals surface area contributed by atoms with Gasteiger partial charge in [0.15, 0.2) is 0 Å². The van der Waals surface area contributed by atoms with Crippen molar-refractivity contribution in [2.24, 2.45) is 0 Å². The molecule has 3 aromatic heterocycles. The van der Waals surface area contributed by atoms with Crippen LogP contribution in [-0.4, -0.2) is 47.7 Å². The van der Waals surface area contributed by atoms with Crippen molar-refractivity contribution >= 4 is 22.5 Å². The Morgan fingerprint density at radius 2 is 1.85 bits per heavy atom. The van der Waals surface area contributed by atoms with Gasteiger partial charge in [-0.3, -0.25) is 9.97 Å². The molecule has 1 aliphatic rings. The molecule has 0 spiro atoms. The van der Waals surface area contributed by atoms with Crippen molar-refractivity contribution in [1.29, 1.82) is 0 Å². The lowest BCUT2D eigenvalue weighted by molar-refractivity contribution is -0.275. The van der Waals surface area contributed by atoms with Crippen molar-refractivity contribution in [2.75, 3.05) is 5.32 Å². The smallest absolute Gasteiger partial charge is 0.390 e. The van der Waals surface area contributed by atoms with Gasteiger partial charge in [0.1, 0.15) is 5.52 Å². The SMILES string of the molecule is CC1(O)CCC(Nc2nc(OC(F)(F)F)c3c(-c4ccc5nccnc5c4)ccn3n2)CC1. The number of nitrogens with one attached hydrogen (secondary N) is 1. The van der Waals surface area contributed by atoms with Gasteiger partial charge in [0, 0.05) is 30.2 Å². The quantitative estimate of drug-likeness (QED) is 0.469. The molecular formula is C22H21F3N6O2. The van der Waals surface area contributed by atoms with Crippen molar-refractivity contribution in [3.8, 4) is 17.0 Å². The highest BCUT2D eigenvalue weighted by Gasteiger charge is 2.34. The van der Waals surface area contributed by atoms with Gasteiger partial charge >= 0.3 is 6.36 Å². The molecule has 2 N–H and O–H groups in total. The molecule has 11 heteroatoms. The Labute approximate surface area is 186 Å². The Morgan fingerprint density at radius 3 is 2.58 bits per heavy atom. The summed E-state index contributed by atoms with van der Waals surface area (Å²) in [6.07, 6.45) is 2.22. The van der Waals surface area contributed by atoms with Crippen LogP contribution in [0.1, 0.15) is 32.6 Å². The first-order chi connectivity index (χ1) is 15.7. The highest BCUT2D eigenvalue weighted by Crippen LogP contribution is 2.35. The minimum absolute atomic E-state index is 0.0276. The van der Waals surface area contributed by atoms with Crippen LogP contribution in [0.4, 0.5) is 19.1 Å². The number of benzene rings is 1. The number of aliphatic hydroxyl groups is 1. The Bertz CT molecular complexity index is 1310. The fraction of sp³-hybridized carbons (Fsp3) is 0.364. The fourth-order valence-corrected chi connectivity index (χ4v) is 4.16. The van der Waals surface area contributed by atoms with E-state index >= 15 is 0 Å². The molecule has 0 aliphatic heterocycles. The number of nitrogens with zero attached hydrogens (tertiary/aromatic N) is 5. The molecule has 33 heavy (non-hydrogen) atoms. The van der Waals surface area contributed by atoms with Gasteiger partial charge in [-0.15, -0.1) is 18.3 Å². The van der Waals surface area contributed by atoms with E-state index in [0.717, 1.165) is 0 Å². The van der Waals surface area contributed by atoms with Gasteiger partial charge in [-0.2, -0.15) is 4.98 Å². The topological polar surface area (TPSA) is 97.5 Å². The van der Waals surface area contributed by atoms with Crippen LogP contribution >= 0.6 is 0 Å². The molecule has 0 bridgehead atoms. The van der Waals surface area contributed by atoms with E-state index in [9.17, 15) is 18.3 Å². The zero-order valence-electron chi connectivity index (χ0n) is 17.7. The lowest BCUT2D eigenvalue weighted by Gasteiger charge is -2.33. The number of anilines is 1. The molecule has 0 unspecified atom stereocenters. The second-order valence-electron chi connectivity index (χ2n) is 8.49. The lowest BCUT2D eigenvalue weighted by atomic mass is 9.84. The molecule has 1 aromatic carbocycles. The van der Waals surface area contributed by atoms with Gasteiger partial charge in [-0.25, -0.2) is 4.52 Å². The number of rotatable bonds is 4. The molecule has 172 valence electrons. The van der Waals surface area contributed by atoms with Crippen LogP contribution in [0.5, 0.6) is 5.88 Å². The number of halogens is 3. The first-order valence-electron chi connectivity index (χ1n) is 10.5. The minimum Gasteiger partial charge on any atom is -0.390 e. The van der Waals surface area contributed by atoms with Crippen LogP contribution < -0.4 is 10.1 Å². The summed E-state index contributed by atoms with van der Waals surface area (Å²) >= 11 is 0. The predicted octanol–water partition coefficient (Wildman–Crippen LogP) is 4.34. The molecule has 0 saturated heterocycles. The molecule has 4 aromatic rings. The van der Waals surface area contributed by atoms with Crippen LogP contribution in [0.15, 0.2) is 42.9 Å². The number of alkyl halides is 3. The summed E-state index contributed by atoms with van der Waals surface area (Å²) in [5, 5.41) is 17.6. The van der Waals surface area contributed by atoms with E-state index in [4.69, 9.17) is 0 Å². The predicted molar refractivity (Wildman–Crippen MR) is 115 cm³/mol. The number of hydrogen-bond acceptors (Lipinski definition) is 7. The molecule has 1 saturated carbocycles. The molecule has 0 amide bonds. The fourth-order valence-electron chi connectivity index (χ4n) is 4.16. The van der Waals surface area contributed by atoms with Crippen LogP contribution in [0.3, 0.4) is 0 Å². The molecule has 8 nitrogen and oxygen atoms in total. The highest BCUT2D eigenvalue weighted by atomic mass is 19.4. The molecule has 0 radical (unpaired) electrons. The van der Waals surface area contributed by atoms with Gasteiger partial charge in [0.2, 0.25) is 5.95 Å². The van der Waals surface area contributed by atoms with E-state index in [0.29, 0.717) is 47.8 Å². The zero-order chi connectivity index (χ0) is 23.2. The summed E-state index contributed by atoms with van der Waals surface area (Å²) in [6, 6.07) is 6.85. The molecule has 0 atom stereocenters. The maximum atomic E-state index is 13.2. The second-order valence-corrected chi connectivity index (χ2v) is 8.49. The van der Waals surface area contributed by atoms with Gasteiger partial charge < -0.3 is 15.2 Å². The molecule has 1 fully saturated rings. The molecule has 1 aliphatic carbocycles. The standard InChI is InChI=1S/C22H21F3N6O2/c1-21(32)7-4-14(5-8-21)28-20-29-19(33-22(23,24)25)18-15(6-11-31(18)30-20)13-2-3-16-17(12-13)27-10-9-26-16/h2-3,6,9-12,14,32H,4-5,7-8H2,1H3,(H,28,30). The first kappa shape index (κ1) is 21.4. The van der Waals surface area contributed by atoms with E-state index in [1.165, 1.54) is 4.52 Å². The largest absolute Gasteiger partial charge is 0.574 e. The van der Waals surface area contributed by atoms with Crippen LogP contribution in [0.25, 0.3) is 27.7 Å². The van der Waals surface area contributed by atoms with Gasteiger partial charge in [0.25, 0.3) is 5.88 Å². The zero-order valence-corrected chi connectivity index (χ0v) is 17.7.